The van der Waals surface area contributed by atoms with Crippen LogP contribution in [0.3, 0.4) is 0 Å². The van der Waals surface area contributed by atoms with E-state index in [1.807, 2.05) is 0 Å². The van der Waals surface area contributed by atoms with Crippen LogP contribution >= 0.6 is 23.2 Å². The Labute approximate surface area is 186 Å². The summed E-state index contributed by atoms with van der Waals surface area (Å²) in [6, 6.07) is 11.8. The maximum atomic E-state index is 12.3. The second-order valence-electron chi connectivity index (χ2n) is 6.72. The fourth-order valence-corrected chi connectivity index (χ4v) is 3.86. The Morgan fingerprint density at radius 1 is 1.07 bits per heavy atom. The largest absolute Gasteiger partial charge is 0.454 e. The minimum absolute atomic E-state index is 0.242. The number of halogens is 2. The molecule has 0 bridgehead atoms. The summed E-state index contributed by atoms with van der Waals surface area (Å²) in [4.78, 5) is 25.9. The van der Waals surface area contributed by atoms with E-state index in [1.54, 1.807) is 56.4 Å². The number of amides is 1. The van der Waals surface area contributed by atoms with Crippen LogP contribution in [-0.2, 0) is 30.9 Å². The van der Waals surface area contributed by atoms with Gasteiger partial charge in [-0.05, 0) is 36.2 Å². The van der Waals surface area contributed by atoms with Crippen molar-refractivity contribution in [2.75, 3.05) is 30.8 Å². The molecule has 1 amide bonds. The van der Waals surface area contributed by atoms with Gasteiger partial charge in [0.1, 0.15) is 6.54 Å². The van der Waals surface area contributed by atoms with E-state index in [0.29, 0.717) is 21.3 Å². The number of ether oxygens (including phenoxy) is 1. The average Bonchev–Trinajstić information content (AvgIpc) is 2.67. The molecule has 0 unspecified atom stereocenters. The van der Waals surface area contributed by atoms with Crippen molar-refractivity contribution in [2.45, 2.75) is 13.5 Å². The third-order valence-electron chi connectivity index (χ3n) is 4.24. The van der Waals surface area contributed by atoms with Gasteiger partial charge in [0.05, 0.1) is 22.0 Å². The number of carbonyl (C=O) groups excluding carboxylic acids is 2. The molecule has 0 aliphatic rings. The summed E-state index contributed by atoms with van der Waals surface area (Å²) in [5.41, 5.74) is 1.82. The second-order valence-corrected chi connectivity index (χ2v) is 9.44. The van der Waals surface area contributed by atoms with Crippen LogP contribution in [0.25, 0.3) is 0 Å². The standard InChI is InChI=1S/C20H22Cl2N2O5S/c1-14-6-4-5-7-18(14)24(30(3,27)28)12-20(26)29-13-19(25)23(2)11-15-8-9-16(21)17(22)10-15/h4-10H,11-13H2,1-3H3. The topological polar surface area (TPSA) is 84.0 Å². The molecule has 10 heteroatoms. The number of likely N-dealkylation sites (N-methyl/N-ethyl adjacent to an activating group) is 1. The molecule has 0 saturated carbocycles. The van der Waals surface area contributed by atoms with Crippen LogP contribution in [0.2, 0.25) is 10.0 Å². The van der Waals surface area contributed by atoms with E-state index in [0.717, 1.165) is 16.1 Å². The number of hydrogen-bond donors (Lipinski definition) is 0. The highest BCUT2D eigenvalue weighted by atomic mass is 35.5. The molecule has 0 aliphatic heterocycles. The number of benzene rings is 2. The van der Waals surface area contributed by atoms with Crippen LogP contribution in [0.5, 0.6) is 0 Å². The summed E-state index contributed by atoms with van der Waals surface area (Å²) >= 11 is 11.8. The van der Waals surface area contributed by atoms with E-state index in [4.69, 9.17) is 27.9 Å². The van der Waals surface area contributed by atoms with Gasteiger partial charge in [0.2, 0.25) is 10.0 Å². The Kier molecular flexibility index (Phi) is 8.11. The lowest BCUT2D eigenvalue weighted by Gasteiger charge is -2.23. The van der Waals surface area contributed by atoms with Crippen LogP contribution in [0.4, 0.5) is 5.69 Å². The number of carbonyl (C=O) groups is 2. The van der Waals surface area contributed by atoms with Gasteiger partial charge in [-0.2, -0.15) is 0 Å². The minimum atomic E-state index is -3.72. The monoisotopic (exact) mass is 472 g/mol. The highest BCUT2D eigenvalue weighted by Crippen LogP contribution is 2.23. The van der Waals surface area contributed by atoms with Crippen molar-refractivity contribution in [2.24, 2.45) is 0 Å². The van der Waals surface area contributed by atoms with Crippen molar-refractivity contribution in [3.63, 3.8) is 0 Å². The summed E-state index contributed by atoms with van der Waals surface area (Å²) < 4.78 is 30.2. The highest BCUT2D eigenvalue weighted by Gasteiger charge is 2.23. The maximum absolute atomic E-state index is 12.3. The van der Waals surface area contributed by atoms with Crippen LogP contribution < -0.4 is 4.31 Å². The van der Waals surface area contributed by atoms with Gasteiger partial charge in [0.25, 0.3) is 5.91 Å². The predicted molar refractivity (Wildman–Crippen MR) is 117 cm³/mol. The van der Waals surface area contributed by atoms with E-state index >= 15 is 0 Å². The van der Waals surface area contributed by atoms with Crippen molar-refractivity contribution in [1.29, 1.82) is 0 Å². The predicted octanol–water partition coefficient (Wildman–Crippen LogP) is 3.27. The Balaban J connectivity index is 1.97. The molecule has 30 heavy (non-hydrogen) atoms. The second kappa shape index (κ2) is 10.1. The van der Waals surface area contributed by atoms with Gasteiger partial charge in [-0.1, -0.05) is 47.5 Å². The van der Waals surface area contributed by atoms with Crippen molar-refractivity contribution in [1.82, 2.24) is 4.90 Å². The molecule has 2 aromatic carbocycles. The van der Waals surface area contributed by atoms with Gasteiger partial charge < -0.3 is 9.64 Å². The van der Waals surface area contributed by atoms with Gasteiger partial charge in [0.15, 0.2) is 6.61 Å². The normalized spacial score (nSPS) is 11.1. The average molecular weight is 473 g/mol. The molecule has 0 radical (unpaired) electrons. The van der Waals surface area contributed by atoms with Gasteiger partial charge in [-0.25, -0.2) is 8.42 Å². The Bertz CT molecular complexity index is 1040. The first-order valence-electron chi connectivity index (χ1n) is 8.86. The lowest BCUT2D eigenvalue weighted by Crippen LogP contribution is -2.38. The fourth-order valence-electron chi connectivity index (χ4n) is 2.64. The first-order chi connectivity index (χ1) is 14.0. The van der Waals surface area contributed by atoms with Crippen LogP contribution in [0.15, 0.2) is 42.5 Å². The van der Waals surface area contributed by atoms with E-state index in [-0.39, 0.29) is 6.54 Å². The quantitative estimate of drug-likeness (QED) is 0.550. The molecule has 2 rings (SSSR count). The Hall–Kier alpha value is -2.29. The molecule has 0 fully saturated rings. The molecule has 0 saturated heterocycles. The molecular formula is C20H22Cl2N2O5S. The van der Waals surface area contributed by atoms with Crippen LogP contribution in [0, 0.1) is 6.92 Å². The zero-order valence-corrected chi connectivity index (χ0v) is 19.1. The molecule has 0 N–H and O–H groups in total. The van der Waals surface area contributed by atoms with Crippen molar-refractivity contribution in [3.05, 3.63) is 63.6 Å². The van der Waals surface area contributed by atoms with Crippen molar-refractivity contribution >= 4 is 50.8 Å². The zero-order valence-electron chi connectivity index (χ0n) is 16.8. The summed E-state index contributed by atoms with van der Waals surface area (Å²) in [5.74, 6) is -1.28. The summed E-state index contributed by atoms with van der Waals surface area (Å²) in [6.45, 7) is 0.932. The third-order valence-corrected chi connectivity index (χ3v) is 6.11. The number of esters is 1. The molecule has 0 atom stereocenters. The lowest BCUT2D eigenvalue weighted by molar-refractivity contribution is -0.150. The molecule has 162 valence electrons. The fraction of sp³-hybridized carbons (Fsp3) is 0.300. The molecule has 0 aliphatic carbocycles. The molecule has 0 aromatic heterocycles. The first kappa shape index (κ1) is 24.0. The van der Waals surface area contributed by atoms with Gasteiger partial charge in [-0.3, -0.25) is 13.9 Å². The summed E-state index contributed by atoms with van der Waals surface area (Å²) in [6.07, 6.45) is 1.00. The molecule has 2 aromatic rings. The zero-order chi connectivity index (χ0) is 22.5. The minimum Gasteiger partial charge on any atom is -0.454 e. The summed E-state index contributed by atoms with van der Waals surface area (Å²) in [5, 5.41) is 0.783. The van der Waals surface area contributed by atoms with Crippen molar-refractivity contribution in [3.8, 4) is 0 Å². The highest BCUT2D eigenvalue weighted by molar-refractivity contribution is 7.92. The van der Waals surface area contributed by atoms with Crippen LogP contribution in [-0.4, -0.2) is 51.6 Å². The number of aryl methyl sites for hydroxylation is 1. The molecular weight excluding hydrogens is 451 g/mol. The number of anilines is 1. The first-order valence-corrected chi connectivity index (χ1v) is 11.5. The Morgan fingerprint density at radius 2 is 1.73 bits per heavy atom. The third kappa shape index (κ3) is 6.62. The molecule has 0 heterocycles. The number of rotatable bonds is 8. The van der Waals surface area contributed by atoms with E-state index in [2.05, 4.69) is 0 Å². The van der Waals surface area contributed by atoms with E-state index in [1.165, 1.54) is 4.90 Å². The van der Waals surface area contributed by atoms with Crippen molar-refractivity contribution < 1.29 is 22.7 Å². The van der Waals surface area contributed by atoms with Crippen LogP contribution in [0.1, 0.15) is 11.1 Å². The maximum Gasteiger partial charge on any atom is 0.327 e. The number of hydrogen-bond acceptors (Lipinski definition) is 5. The molecule has 7 nitrogen and oxygen atoms in total. The number of para-hydroxylation sites is 1. The lowest BCUT2D eigenvalue weighted by atomic mass is 10.2. The van der Waals surface area contributed by atoms with E-state index < -0.39 is 35.1 Å². The summed E-state index contributed by atoms with van der Waals surface area (Å²) in [7, 11) is -2.17. The SMILES string of the molecule is Cc1ccccc1N(CC(=O)OCC(=O)N(C)Cc1ccc(Cl)c(Cl)c1)S(C)(=O)=O. The molecule has 0 spiro atoms. The smallest absolute Gasteiger partial charge is 0.327 e. The van der Waals surface area contributed by atoms with Gasteiger partial charge in [-0.15, -0.1) is 0 Å². The number of sulfonamides is 1. The van der Waals surface area contributed by atoms with E-state index in [9.17, 15) is 18.0 Å². The number of nitrogens with zero attached hydrogens (tertiary/aromatic N) is 2. The Morgan fingerprint density at radius 3 is 2.33 bits per heavy atom. The van der Waals surface area contributed by atoms with Gasteiger partial charge in [0, 0.05) is 13.6 Å². The van der Waals surface area contributed by atoms with Gasteiger partial charge >= 0.3 is 5.97 Å².